The number of hydrogen-bond donors (Lipinski definition) is 5. The second kappa shape index (κ2) is 8.33. The summed E-state index contributed by atoms with van der Waals surface area (Å²) in [6.07, 6.45) is -1.36. The Bertz CT molecular complexity index is 998. The van der Waals surface area contributed by atoms with Gasteiger partial charge in [0.05, 0.1) is 18.0 Å². The fraction of sp³-hybridized carbons (Fsp3) is 0.286. The zero-order valence-electron chi connectivity index (χ0n) is 16.2. The third kappa shape index (κ3) is 4.39. The van der Waals surface area contributed by atoms with E-state index in [-0.39, 0.29) is 24.1 Å². The first-order valence-electron chi connectivity index (χ1n) is 9.64. The van der Waals surface area contributed by atoms with Crippen LogP contribution in [0.4, 0.5) is 11.4 Å². The number of amides is 3. The van der Waals surface area contributed by atoms with Gasteiger partial charge in [-0.25, -0.2) is 0 Å². The average Bonchev–Trinajstić information content (AvgIpc) is 2.67. The molecule has 2 saturated heterocycles. The number of carbonyl (C=O) groups excluding carboxylic acids is 3. The van der Waals surface area contributed by atoms with E-state index in [9.17, 15) is 14.4 Å². The molecule has 2 fully saturated rings. The maximum absolute atomic E-state index is 12.9. The van der Waals surface area contributed by atoms with Crippen LogP contribution < -0.4 is 26.6 Å². The van der Waals surface area contributed by atoms with Crippen LogP contribution >= 0.6 is 11.6 Å². The average molecular weight is 428 g/mol. The van der Waals surface area contributed by atoms with Crippen molar-refractivity contribution in [1.29, 1.82) is 0 Å². The van der Waals surface area contributed by atoms with Gasteiger partial charge >= 0.3 is 0 Å². The highest BCUT2D eigenvalue weighted by Crippen LogP contribution is 2.28. The number of rotatable bonds is 4. The summed E-state index contributed by atoms with van der Waals surface area (Å²) in [5, 5.41) is 15.2. The Kier molecular flexibility index (Phi) is 5.61. The molecule has 0 aromatic heterocycles. The minimum absolute atomic E-state index is 0.0553. The van der Waals surface area contributed by atoms with Crippen molar-refractivity contribution >= 4 is 40.7 Å². The van der Waals surface area contributed by atoms with Gasteiger partial charge in [0, 0.05) is 22.8 Å². The maximum Gasteiger partial charge on any atom is 0.229 e. The lowest BCUT2D eigenvalue weighted by Gasteiger charge is -2.43. The Morgan fingerprint density at radius 2 is 1.83 bits per heavy atom. The van der Waals surface area contributed by atoms with E-state index in [2.05, 4.69) is 26.6 Å². The van der Waals surface area contributed by atoms with Crippen molar-refractivity contribution in [3.63, 3.8) is 0 Å². The highest BCUT2D eigenvalue weighted by Gasteiger charge is 2.48. The monoisotopic (exact) mass is 427 g/mol. The predicted molar refractivity (Wildman–Crippen MR) is 113 cm³/mol. The Labute approximate surface area is 178 Å². The number of benzene rings is 2. The molecule has 9 heteroatoms. The molecule has 30 heavy (non-hydrogen) atoms. The van der Waals surface area contributed by atoms with Gasteiger partial charge in [-0.1, -0.05) is 29.8 Å². The fourth-order valence-corrected chi connectivity index (χ4v) is 4.05. The van der Waals surface area contributed by atoms with E-state index in [4.69, 9.17) is 11.6 Å². The maximum atomic E-state index is 12.9. The smallest absolute Gasteiger partial charge is 0.229 e. The van der Waals surface area contributed by atoms with Gasteiger partial charge in [-0.15, -0.1) is 0 Å². The summed E-state index contributed by atoms with van der Waals surface area (Å²) in [7, 11) is 0. The molecule has 8 nitrogen and oxygen atoms in total. The van der Waals surface area contributed by atoms with Crippen LogP contribution in [-0.2, 0) is 14.4 Å². The van der Waals surface area contributed by atoms with Gasteiger partial charge in [-0.05, 0) is 42.8 Å². The molecule has 2 aromatic rings. The molecule has 156 valence electrons. The van der Waals surface area contributed by atoms with Crippen LogP contribution in [0.3, 0.4) is 0 Å². The number of fused-ring (bicyclic) bond motifs is 1. The summed E-state index contributed by atoms with van der Waals surface area (Å²) < 4.78 is 0. The summed E-state index contributed by atoms with van der Waals surface area (Å²) in [5.41, 5.74) is 2.33. The highest BCUT2D eigenvalue weighted by molar-refractivity contribution is 6.30. The molecule has 0 spiro atoms. The lowest BCUT2D eigenvalue weighted by atomic mass is 9.81. The van der Waals surface area contributed by atoms with E-state index in [1.807, 2.05) is 31.2 Å². The molecule has 4 atom stereocenters. The highest BCUT2D eigenvalue weighted by atomic mass is 35.5. The van der Waals surface area contributed by atoms with Gasteiger partial charge in [0.25, 0.3) is 0 Å². The van der Waals surface area contributed by atoms with Crippen LogP contribution in [0.25, 0.3) is 0 Å². The number of piperidine rings is 1. The van der Waals surface area contributed by atoms with Crippen molar-refractivity contribution in [2.75, 3.05) is 10.6 Å². The molecule has 2 aromatic carbocycles. The molecule has 3 amide bonds. The molecular weight excluding hydrogens is 406 g/mol. The molecule has 5 N–H and O–H groups in total. The third-order valence-corrected chi connectivity index (χ3v) is 5.44. The third-order valence-electron chi connectivity index (χ3n) is 5.21. The van der Waals surface area contributed by atoms with E-state index in [1.54, 1.807) is 24.3 Å². The van der Waals surface area contributed by atoms with Crippen LogP contribution in [0, 0.1) is 18.8 Å². The number of nitrogens with one attached hydrogen (secondary N) is 5. The van der Waals surface area contributed by atoms with Crippen molar-refractivity contribution in [3.05, 3.63) is 59.1 Å². The number of hydrogen-bond acceptors (Lipinski definition) is 5. The van der Waals surface area contributed by atoms with Crippen molar-refractivity contribution in [1.82, 2.24) is 16.0 Å². The second-order valence-electron chi connectivity index (χ2n) is 7.50. The summed E-state index contributed by atoms with van der Waals surface area (Å²) in [4.78, 5) is 38.0. The number of halogens is 1. The topological polar surface area (TPSA) is 111 Å². The fourth-order valence-electron chi connectivity index (χ4n) is 3.86. The predicted octanol–water partition coefficient (Wildman–Crippen LogP) is 1.78. The van der Waals surface area contributed by atoms with Gasteiger partial charge in [-0.3, -0.25) is 19.7 Å². The molecule has 0 bridgehead atoms. The first-order chi connectivity index (χ1) is 14.4. The molecule has 2 aliphatic heterocycles. The largest absolute Gasteiger partial charge is 0.353 e. The zero-order chi connectivity index (χ0) is 21.3. The Balaban J connectivity index is 1.48. The Hall–Kier alpha value is -3.10. The van der Waals surface area contributed by atoms with Crippen molar-refractivity contribution in [3.8, 4) is 0 Å². The van der Waals surface area contributed by atoms with Gasteiger partial charge in [0.2, 0.25) is 17.7 Å². The van der Waals surface area contributed by atoms with Crippen LogP contribution in [0.5, 0.6) is 0 Å². The van der Waals surface area contributed by atoms with Gasteiger partial charge in [0.15, 0.2) is 6.29 Å². The first kappa shape index (κ1) is 20.2. The van der Waals surface area contributed by atoms with Crippen LogP contribution in [0.1, 0.15) is 12.0 Å². The molecular formula is C21H22ClN5O3. The van der Waals surface area contributed by atoms with Crippen LogP contribution in [0.15, 0.2) is 48.5 Å². The number of carbonyl (C=O) groups is 3. The quantitative estimate of drug-likeness (QED) is 0.510. The number of aryl methyl sites for hydroxylation is 1. The summed E-state index contributed by atoms with van der Waals surface area (Å²) in [6, 6.07) is 14.4. The molecule has 0 aliphatic carbocycles. The molecule has 2 aliphatic rings. The number of anilines is 2. The van der Waals surface area contributed by atoms with E-state index >= 15 is 0 Å². The zero-order valence-corrected chi connectivity index (χ0v) is 17.0. The van der Waals surface area contributed by atoms with Crippen molar-refractivity contribution in [2.24, 2.45) is 11.8 Å². The lowest BCUT2D eigenvalue weighted by molar-refractivity contribution is -0.144. The summed E-state index contributed by atoms with van der Waals surface area (Å²) in [5.74, 6) is -2.48. The van der Waals surface area contributed by atoms with Gasteiger partial charge in [0.1, 0.15) is 0 Å². The molecule has 2 heterocycles. The van der Waals surface area contributed by atoms with Crippen molar-refractivity contribution < 1.29 is 14.4 Å². The summed E-state index contributed by atoms with van der Waals surface area (Å²) >= 11 is 6.00. The SMILES string of the molecule is Cc1cccc(NC(=O)C2CC(=O)NC3NC(Nc4cccc(Cl)c4)NC(=O)C32)c1. The van der Waals surface area contributed by atoms with E-state index in [0.29, 0.717) is 16.4 Å². The molecule has 4 rings (SSSR count). The minimum atomic E-state index is -0.788. The summed E-state index contributed by atoms with van der Waals surface area (Å²) in [6.45, 7) is 1.92. The molecule has 0 saturated carbocycles. The normalized spacial score (nSPS) is 25.5. The van der Waals surface area contributed by atoms with E-state index in [1.165, 1.54) is 0 Å². The Morgan fingerprint density at radius 3 is 2.60 bits per heavy atom. The lowest BCUT2D eigenvalue weighted by Crippen LogP contribution is -2.72. The van der Waals surface area contributed by atoms with E-state index < -0.39 is 24.3 Å². The second-order valence-corrected chi connectivity index (χ2v) is 7.94. The Morgan fingerprint density at radius 1 is 1.07 bits per heavy atom. The van der Waals surface area contributed by atoms with Gasteiger partial charge < -0.3 is 21.3 Å². The molecule has 4 unspecified atom stereocenters. The van der Waals surface area contributed by atoms with Crippen molar-refractivity contribution in [2.45, 2.75) is 25.8 Å². The van der Waals surface area contributed by atoms with Crippen LogP contribution in [0.2, 0.25) is 5.02 Å². The minimum Gasteiger partial charge on any atom is -0.353 e. The van der Waals surface area contributed by atoms with Crippen LogP contribution in [-0.4, -0.2) is 30.2 Å². The standard InChI is InChI=1S/C21H22ClN5O3/c1-11-4-2-6-13(8-11)23-19(29)15-10-16(28)25-18-17(15)20(30)27-21(26-18)24-14-7-3-5-12(22)9-14/h2-9,15,17-18,21,24,26H,10H2,1H3,(H,23,29)(H,25,28)(H,27,30). The first-order valence-corrected chi connectivity index (χ1v) is 10.0. The molecule has 0 radical (unpaired) electrons. The van der Waals surface area contributed by atoms with Gasteiger partial charge in [-0.2, -0.15) is 0 Å². The van der Waals surface area contributed by atoms with E-state index in [0.717, 1.165) is 5.56 Å².